The molecule has 0 bridgehead atoms. The van der Waals surface area contributed by atoms with Crippen LogP contribution in [0.5, 0.6) is 0 Å². The molecule has 0 spiro atoms. The van der Waals surface area contributed by atoms with Gasteiger partial charge in [-0.05, 0) is 70.9 Å². The number of hydrogen-bond acceptors (Lipinski definition) is 3. The van der Waals surface area contributed by atoms with Gasteiger partial charge in [-0.2, -0.15) is 0 Å². The predicted octanol–water partition coefficient (Wildman–Crippen LogP) is 2.17. The Hall–Kier alpha value is -1.39. The maximum atomic E-state index is 12.2. The molecule has 1 aliphatic heterocycles. The summed E-state index contributed by atoms with van der Waals surface area (Å²) in [7, 11) is 2.00. The Labute approximate surface area is 127 Å². The minimum Gasteiger partial charge on any atom is -0.325 e. The summed E-state index contributed by atoms with van der Waals surface area (Å²) in [5.74, 6) is 0.850. The Kier molecular flexibility index (Phi) is 5.76. The van der Waals surface area contributed by atoms with E-state index in [1.54, 1.807) is 0 Å². The molecule has 0 unspecified atom stereocenters. The van der Waals surface area contributed by atoms with Crippen molar-refractivity contribution in [3.8, 4) is 0 Å². The van der Waals surface area contributed by atoms with Crippen LogP contribution in [0.2, 0.25) is 0 Å². The largest absolute Gasteiger partial charge is 0.325 e. The summed E-state index contributed by atoms with van der Waals surface area (Å²) in [4.78, 5) is 14.4. The molecule has 0 aromatic heterocycles. The van der Waals surface area contributed by atoms with Crippen LogP contribution in [0.25, 0.3) is 0 Å². The van der Waals surface area contributed by atoms with Gasteiger partial charge >= 0.3 is 0 Å². The lowest BCUT2D eigenvalue weighted by atomic mass is 9.97. The molecule has 0 radical (unpaired) electrons. The molecular formula is C17H27N3O. The van der Waals surface area contributed by atoms with Gasteiger partial charge in [0.25, 0.3) is 0 Å². The Bertz CT molecular complexity index is 479. The molecule has 2 N–H and O–H groups in total. The number of benzene rings is 1. The van der Waals surface area contributed by atoms with Crippen molar-refractivity contribution < 1.29 is 4.79 Å². The number of likely N-dealkylation sites (tertiary alicyclic amines) is 1. The fourth-order valence-corrected chi connectivity index (χ4v) is 2.98. The number of anilines is 1. The van der Waals surface area contributed by atoms with E-state index in [9.17, 15) is 4.79 Å². The average molecular weight is 289 g/mol. The highest BCUT2D eigenvalue weighted by atomic mass is 16.2. The zero-order valence-corrected chi connectivity index (χ0v) is 13.4. The van der Waals surface area contributed by atoms with Gasteiger partial charge in [0.2, 0.25) is 5.91 Å². The quantitative estimate of drug-likeness (QED) is 0.873. The van der Waals surface area contributed by atoms with Gasteiger partial charge in [0.15, 0.2) is 0 Å². The number of hydrogen-bond donors (Lipinski definition) is 2. The fraction of sp³-hybridized carbons (Fsp3) is 0.588. The molecule has 4 nitrogen and oxygen atoms in total. The molecule has 0 saturated carbocycles. The number of nitrogens with zero attached hydrogens (tertiary/aromatic N) is 1. The predicted molar refractivity (Wildman–Crippen MR) is 87.6 cm³/mol. The first kappa shape index (κ1) is 16.0. The number of carbonyl (C=O) groups is 1. The van der Waals surface area contributed by atoms with Crippen molar-refractivity contribution >= 4 is 11.6 Å². The minimum atomic E-state index is 0.0917. The average Bonchev–Trinajstić information content (AvgIpc) is 2.44. The Morgan fingerprint density at radius 1 is 1.29 bits per heavy atom. The molecule has 21 heavy (non-hydrogen) atoms. The lowest BCUT2D eigenvalue weighted by Crippen LogP contribution is -2.40. The molecule has 1 aromatic rings. The number of nitrogens with one attached hydrogen (secondary N) is 2. The number of carbonyl (C=O) groups excluding carboxylic acids is 1. The molecule has 1 aromatic carbocycles. The van der Waals surface area contributed by atoms with E-state index in [-0.39, 0.29) is 5.91 Å². The van der Waals surface area contributed by atoms with Crippen molar-refractivity contribution in [1.82, 2.24) is 10.2 Å². The Balaban J connectivity index is 1.80. The molecule has 0 atom stereocenters. The van der Waals surface area contributed by atoms with Gasteiger partial charge in [0, 0.05) is 5.69 Å². The topological polar surface area (TPSA) is 44.4 Å². The number of amides is 1. The SMILES string of the molecule is CNCC1CCN(CC(=O)Nc2ccc(C)cc2C)CC1. The summed E-state index contributed by atoms with van der Waals surface area (Å²) >= 11 is 0. The molecule has 1 fully saturated rings. The second-order valence-corrected chi connectivity index (χ2v) is 6.14. The van der Waals surface area contributed by atoms with Gasteiger partial charge in [-0.25, -0.2) is 0 Å². The van der Waals surface area contributed by atoms with Crippen molar-refractivity contribution in [3.05, 3.63) is 29.3 Å². The maximum absolute atomic E-state index is 12.2. The van der Waals surface area contributed by atoms with Crippen LogP contribution in [-0.2, 0) is 4.79 Å². The smallest absolute Gasteiger partial charge is 0.238 e. The molecule has 1 amide bonds. The second-order valence-electron chi connectivity index (χ2n) is 6.14. The summed E-state index contributed by atoms with van der Waals surface area (Å²) in [5.41, 5.74) is 3.27. The van der Waals surface area contributed by atoms with E-state index in [0.717, 1.165) is 36.8 Å². The number of piperidine rings is 1. The molecular weight excluding hydrogens is 262 g/mol. The third-order valence-electron chi connectivity index (χ3n) is 4.22. The van der Waals surface area contributed by atoms with Crippen molar-refractivity contribution in [2.75, 3.05) is 38.5 Å². The summed E-state index contributed by atoms with van der Waals surface area (Å²) < 4.78 is 0. The normalized spacial score (nSPS) is 16.9. The molecule has 116 valence electrons. The third-order valence-corrected chi connectivity index (χ3v) is 4.22. The highest BCUT2D eigenvalue weighted by Gasteiger charge is 2.20. The van der Waals surface area contributed by atoms with Crippen LogP contribution in [0, 0.1) is 19.8 Å². The molecule has 2 rings (SSSR count). The van der Waals surface area contributed by atoms with Crippen LogP contribution in [0.4, 0.5) is 5.69 Å². The van der Waals surface area contributed by atoms with Crippen molar-refractivity contribution in [1.29, 1.82) is 0 Å². The van der Waals surface area contributed by atoms with Crippen molar-refractivity contribution in [2.24, 2.45) is 5.92 Å². The van der Waals surface area contributed by atoms with E-state index >= 15 is 0 Å². The monoisotopic (exact) mass is 289 g/mol. The van der Waals surface area contributed by atoms with E-state index in [2.05, 4.69) is 28.5 Å². The molecule has 0 aliphatic carbocycles. The maximum Gasteiger partial charge on any atom is 0.238 e. The first-order valence-electron chi connectivity index (χ1n) is 7.82. The molecule has 4 heteroatoms. The summed E-state index contributed by atoms with van der Waals surface area (Å²) in [6.45, 7) is 7.72. The van der Waals surface area contributed by atoms with Crippen LogP contribution in [0.3, 0.4) is 0 Å². The van der Waals surface area contributed by atoms with E-state index in [1.165, 1.54) is 18.4 Å². The zero-order valence-electron chi connectivity index (χ0n) is 13.4. The van der Waals surface area contributed by atoms with Crippen LogP contribution >= 0.6 is 0 Å². The highest BCUT2D eigenvalue weighted by Crippen LogP contribution is 2.18. The van der Waals surface area contributed by atoms with Crippen molar-refractivity contribution in [3.63, 3.8) is 0 Å². The standard InChI is InChI=1S/C17H27N3O/c1-13-4-5-16(14(2)10-13)19-17(21)12-20-8-6-15(7-9-20)11-18-3/h4-5,10,15,18H,6-9,11-12H2,1-3H3,(H,19,21). The molecule has 1 saturated heterocycles. The van der Waals surface area contributed by atoms with Crippen LogP contribution in [0.15, 0.2) is 18.2 Å². The van der Waals surface area contributed by atoms with Crippen molar-refractivity contribution in [2.45, 2.75) is 26.7 Å². The minimum absolute atomic E-state index is 0.0917. The summed E-state index contributed by atoms with van der Waals surface area (Å²) in [5, 5.41) is 6.27. The zero-order chi connectivity index (χ0) is 15.2. The lowest BCUT2D eigenvalue weighted by molar-refractivity contribution is -0.117. The lowest BCUT2D eigenvalue weighted by Gasteiger charge is -2.31. The number of aryl methyl sites for hydroxylation is 2. The van der Waals surface area contributed by atoms with E-state index in [4.69, 9.17) is 0 Å². The molecule has 1 heterocycles. The van der Waals surface area contributed by atoms with Crippen LogP contribution < -0.4 is 10.6 Å². The highest BCUT2D eigenvalue weighted by molar-refractivity contribution is 5.93. The van der Waals surface area contributed by atoms with E-state index < -0.39 is 0 Å². The number of rotatable bonds is 5. The van der Waals surface area contributed by atoms with E-state index in [0.29, 0.717) is 6.54 Å². The third kappa shape index (κ3) is 4.83. The second kappa shape index (κ2) is 7.57. The van der Waals surface area contributed by atoms with Crippen LogP contribution in [-0.4, -0.2) is 44.0 Å². The van der Waals surface area contributed by atoms with Gasteiger partial charge in [-0.1, -0.05) is 17.7 Å². The summed E-state index contributed by atoms with van der Waals surface area (Å²) in [6.07, 6.45) is 2.36. The van der Waals surface area contributed by atoms with Gasteiger partial charge in [-0.15, -0.1) is 0 Å². The first-order chi connectivity index (χ1) is 10.1. The van der Waals surface area contributed by atoms with Gasteiger partial charge in [-0.3, -0.25) is 9.69 Å². The van der Waals surface area contributed by atoms with Gasteiger partial charge in [0.1, 0.15) is 0 Å². The Morgan fingerprint density at radius 2 is 2.00 bits per heavy atom. The summed E-state index contributed by atoms with van der Waals surface area (Å²) in [6, 6.07) is 6.12. The Morgan fingerprint density at radius 3 is 2.62 bits per heavy atom. The van der Waals surface area contributed by atoms with Gasteiger partial charge in [0.05, 0.1) is 6.54 Å². The van der Waals surface area contributed by atoms with Gasteiger partial charge < -0.3 is 10.6 Å². The van der Waals surface area contributed by atoms with Crippen LogP contribution in [0.1, 0.15) is 24.0 Å². The molecule has 1 aliphatic rings. The fourth-order valence-electron chi connectivity index (χ4n) is 2.98. The van der Waals surface area contributed by atoms with E-state index in [1.807, 2.05) is 26.1 Å². The first-order valence-corrected chi connectivity index (χ1v) is 7.82.